The van der Waals surface area contributed by atoms with Gasteiger partial charge in [0.25, 0.3) is 0 Å². The first-order valence-electron chi connectivity index (χ1n) is 7.00. The predicted octanol–water partition coefficient (Wildman–Crippen LogP) is 4.12. The minimum atomic E-state index is -0.341. The van der Waals surface area contributed by atoms with E-state index in [0.717, 1.165) is 0 Å². The van der Waals surface area contributed by atoms with Crippen LogP contribution in [0.5, 0.6) is 0 Å². The van der Waals surface area contributed by atoms with Crippen LogP contribution in [-0.4, -0.2) is 0 Å². The maximum Gasteiger partial charge on any atom is 0.0863 e. The zero-order chi connectivity index (χ0) is 15.7. The molecule has 1 aliphatic rings. The summed E-state index contributed by atoms with van der Waals surface area (Å²) in [5, 5.41) is 0. The van der Waals surface area contributed by atoms with Gasteiger partial charge in [0.2, 0.25) is 0 Å². The fourth-order valence-electron chi connectivity index (χ4n) is 1.38. The summed E-state index contributed by atoms with van der Waals surface area (Å²) in [6.07, 6.45) is 0. The van der Waals surface area contributed by atoms with Crippen LogP contribution < -0.4 is 0 Å². The molecule has 0 fully saturated rings. The first-order valence-corrected chi connectivity index (χ1v) is 7.00. The maximum atomic E-state index is 3.26. The molecule has 0 amide bonds. The molecule has 0 radical (unpaired) electrons. The third kappa shape index (κ3) is 5.48. The molecule has 0 spiro atoms. The quantitative estimate of drug-likeness (QED) is 0.577. The van der Waals surface area contributed by atoms with Crippen molar-refractivity contribution in [1.29, 1.82) is 0 Å². The second-order valence-electron chi connectivity index (χ2n) is 7.50. The van der Waals surface area contributed by atoms with Crippen LogP contribution in [0.15, 0.2) is 0 Å². The Bertz CT molecular complexity index is 476. The Balaban J connectivity index is 3.46. The van der Waals surface area contributed by atoms with Crippen LogP contribution in [0.3, 0.4) is 0 Å². The van der Waals surface area contributed by atoms with Gasteiger partial charge in [-0.05, 0) is 55.4 Å². The number of rotatable bonds is 0. The van der Waals surface area contributed by atoms with Crippen molar-refractivity contribution in [2.75, 3.05) is 0 Å². The zero-order valence-corrected chi connectivity index (χ0v) is 14.0. The first-order chi connectivity index (χ1) is 8.83. The number of hydrogen-bond acceptors (Lipinski definition) is 0. The lowest BCUT2D eigenvalue weighted by molar-refractivity contribution is 0.625. The van der Waals surface area contributed by atoms with Gasteiger partial charge in [-0.25, -0.2) is 0 Å². The summed E-state index contributed by atoms with van der Waals surface area (Å²) in [5.41, 5.74) is -1.36. The molecular weight excluding hydrogens is 240 g/mol. The van der Waals surface area contributed by atoms with Gasteiger partial charge in [-0.1, -0.05) is 47.4 Å². The predicted molar refractivity (Wildman–Crippen MR) is 86.2 cm³/mol. The second kappa shape index (κ2) is 4.97. The van der Waals surface area contributed by atoms with Gasteiger partial charge in [0.05, 0.1) is 21.7 Å². The van der Waals surface area contributed by atoms with E-state index in [9.17, 15) is 0 Å². The Morgan fingerprint density at radius 1 is 0.300 bits per heavy atom. The monoisotopic (exact) mass is 264 g/mol. The molecule has 0 atom stereocenters. The highest BCUT2D eigenvalue weighted by Gasteiger charge is 2.19. The van der Waals surface area contributed by atoms with Gasteiger partial charge in [0.15, 0.2) is 0 Å². The van der Waals surface area contributed by atoms with Crippen LogP contribution in [0.25, 0.3) is 0 Å². The highest BCUT2D eigenvalue weighted by molar-refractivity contribution is 5.38. The van der Waals surface area contributed by atoms with Crippen LogP contribution in [0.1, 0.15) is 55.4 Å². The van der Waals surface area contributed by atoms with Crippen molar-refractivity contribution >= 4 is 0 Å². The summed E-state index contributed by atoms with van der Waals surface area (Å²) >= 11 is 0. The average molecular weight is 264 g/mol. The van der Waals surface area contributed by atoms with E-state index in [-0.39, 0.29) is 21.7 Å². The van der Waals surface area contributed by atoms with E-state index >= 15 is 0 Å². The summed E-state index contributed by atoms with van der Waals surface area (Å²) in [6.45, 7) is 16.3. The third-order valence-electron chi connectivity index (χ3n) is 2.75. The molecule has 0 nitrogen and oxygen atoms in total. The molecule has 0 aromatic carbocycles. The van der Waals surface area contributed by atoms with Gasteiger partial charge in [-0.15, -0.1) is 0 Å². The molecule has 0 heterocycles. The molecule has 0 aromatic rings. The zero-order valence-electron chi connectivity index (χ0n) is 14.0. The standard InChI is InChI=1S/C20H24/c1-17(2)9-11-18(3,4)13-15-20(7,8)16-14-19(5,6)12-10-17/h1-8H3. The lowest BCUT2D eigenvalue weighted by Crippen LogP contribution is -2.15. The van der Waals surface area contributed by atoms with Crippen molar-refractivity contribution in [3.8, 4) is 47.4 Å². The summed E-state index contributed by atoms with van der Waals surface area (Å²) < 4.78 is 0. The van der Waals surface area contributed by atoms with E-state index in [4.69, 9.17) is 0 Å². The Morgan fingerprint density at radius 3 is 0.500 bits per heavy atom. The van der Waals surface area contributed by atoms with Gasteiger partial charge in [0.1, 0.15) is 0 Å². The van der Waals surface area contributed by atoms with E-state index in [1.54, 1.807) is 0 Å². The molecule has 0 saturated carbocycles. The van der Waals surface area contributed by atoms with Crippen LogP contribution in [0.4, 0.5) is 0 Å². The Morgan fingerprint density at radius 2 is 0.400 bits per heavy atom. The summed E-state index contributed by atoms with van der Waals surface area (Å²) in [4.78, 5) is 0. The topological polar surface area (TPSA) is 0 Å². The first kappa shape index (κ1) is 16.3. The van der Waals surface area contributed by atoms with Crippen molar-refractivity contribution in [2.45, 2.75) is 55.4 Å². The van der Waals surface area contributed by atoms with Crippen molar-refractivity contribution < 1.29 is 0 Å². The lowest BCUT2D eigenvalue weighted by Gasteiger charge is -2.17. The van der Waals surface area contributed by atoms with Gasteiger partial charge >= 0.3 is 0 Å². The number of hydrogen-bond donors (Lipinski definition) is 0. The van der Waals surface area contributed by atoms with Gasteiger partial charge < -0.3 is 0 Å². The Kier molecular flexibility index (Phi) is 4.05. The van der Waals surface area contributed by atoms with E-state index in [1.807, 2.05) is 55.4 Å². The molecule has 0 aromatic heterocycles. The molecule has 0 saturated heterocycles. The largest absolute Gasteiger partial charge is 0.0863 e. The molecule has 1 aliphatic carbocycles. The fraction of sp³-hybridized carbons (Fsp3) is 0.600. The van der Waals surface area contributed by atoms with E-state index in [1.165, 1.54) is 0 Å². The average Bonchev–Trinajstić information content (AvgIpc) is 2.30. The summed E-state index contributed by atoms with van der Waals surface area (Å²) in [5.74, 6) is 26.1. The van der Waals surface area contributed by atoms with Gasteiger partial charge in [-0.3, -0.25) is 0 Å². The molecule has 104 valence electrons. The molecule has 0 heteroatoms. The SMILES string of the molecule is CC1(C)C#CC(C)(C)C#CC(C)(C)C#CC(C)(C)C#C1. The van der Waals surface area contributed by atoms with Gasteiger partial charge in [-0.2, -0.15) is 0 Å². The molecule has 0 unspecified atom stereocenters. The lowest BCUT2D eigenvalue weighted by atomic mass is 9.84. The molecule has 0 aliphatic heterocycles. The fourth-order valence-corrected chi connectivity index (χ4v) is 1.38. The van der Waals surface area contributed by atoms with Crippen molar-refractivity contribution in [3.63, 3.8) is 0 Å². The van der Waals surface area contributed by atoms with Crippen molar-refractivity contribution in [2.24, 2.45) is 21.7 Å². The van der Waals surface area contributed by atoms with Crippen LogP contribution in [0, 0.1) is 69.0 Å². The summed E-state index contributed by atoms with van der Waals surface area (Å²) in [6, 6.07) is 0. The molecule has 20 heavy (non-hydrogen) atoms. The van der Waals surface area contributed by atoms with Crippen LogP contribution in [-0.2, 0) is 0 Å². The normalized spacial score (nSPS) is 23.6. The van der Waals surface area contributed by atoms with E-state index in [2.05, 4.69) is 47.4 Å². The maximum absolute atomic E-state index is 3.26. The summed E-state index contributed by atoms with van der Waals surface area (Å²) in [7, 11) is 0. The highest BCUT2D eigenvalue weighted by Crippen LogP contribution is 2.22. The third-order valence-corrected chi connectivity index (χ3v) is 2.75. The second-order valence-corrected chi connectivity index (χ2v) is 7.50. The van der Waals surface area contributed by atoms with Crippen molar-refractivity contribution in [1.82, 2.24) is 0 Å². The highest BCUT2D eigenvalue weighted by atomic mass is 14.2. The Labute approximate surface area is 125 Å². The van der Waals surface area contributed by atoms with Crippen molar-refractivity contribution in [3.05, 3.63) is 0 Å². The minimum Gasteiger partial charge on any atom is -0.0824 e. The minimum absolute atomic E-state index is 0.341. The molecule has 0 N–H and O–H groups in total. The molecule has 1 rings (SSSR count). The Hall–Kier alpha value is -1.76. The smallest absolute Gasteiger partial charge is 0.0824 e. The van der Waals surface area contributed by atoms with E-state index in [0.29, 0.717) is 0 Å². The van der Waals surface area contributed by atoms with E-state index < -0.39 is 0 Å². The van der Waals surface area contributed by atoms with Crippen LogP contribution >= 0.6 is 0 Å². The molecular formula is C20H24. The van der Waals surface area contributed by atoms with Gasteiger partial charge in [0, 0.05) is 0 Å². The molecule has 0 bridgehead atoms. The van der Waals surface area contributed by atoms with Crippen LogP contribution in [0.2, 0.25) is 0 Å².